The first-order chi connectivity index (χ1) is 9.01. The van der Waals surface area contributed by atoms with E-state index in [-0.39, 0.29) is 5.91 Å². The van der Waals surface area contributed by atoms with Crippen molar-refractivity contribution in [3.05, 3.63) is 0 Å². The molecule has 3 unspecified atom stereocenters. The molecule has 1 fully saturated rings. The van der Waals surface area contributed by atoms with Crippen LogP contribution in [-0.2, 0) is 19.1 Å². The summed E-state index contributed by atoms with van der Waals surface area (Å²) in [5, 5.41) is 12.4. The van der Waals surface area contributed by atoms with Crippen LogP contribution in [0.3, 0.4) is 0 Å². The maximum Gasteiger partial charge on any atom is 0.323 e. The molecule has 0 aromatic rings. The van der Waals surface area contributed by atoms with Gasteiger partial charge in [0, 0.05) is 26.6 Å². The molecule has 0 aromatic heterocycles. The molecule has 19 heavy (non-hydrogen) atoms. The van der Waals surface area contributed by atoms with Crippen molar-refractivity contribution in [3.8, 4) is 0 Å². The van der Waals surface area contributed by atoms with E-state index < -0.39 is 24.2 Å². The Morgan fingerprint density at radius 1 is 1.47 bits per heavy atom. The fourth-order valence-electron chi connectivity index (χ4n) is 2.21. The summed E-state index contributed by atoms with van der Waals surface area (Å²) in [6.07, 6.45) is -0.319. The number of ether oxygens (including phenoxy) is 2. The van der Waals surface area contributed by atoms with Crippen molar-refractivity contribution in [2.75, 3.05) is 33.9 Å². The lowest BCUT2D eigenvalue weighted by molar-refractivity contribution is -0.147. The number of methoxy groups -OCH3 is 2. The lowest BCUT2D eigenvalue weighted by atomic mass is 10.2. The van der Waals surface area contributed by atoms with Crippen molar-refractivity contribution < 1.29 is 24.2 Å². The maximum atomic E-state index is 11.9. The van der Waals surface area contributed by atoms with Crippen LogP contribution < -0.4 is 5.32 Å². The summed E-state index contributed by atoms with van der Waals surface area (Å²) in [6, 6.07) is -1.07. The third kappa shape index (κ3) is 4.15. The monoisotopic (exact) mass is 274 g/mol. The maximum absolute atomic E-state index is 11.9. The number of carbonyl (C=O) groups excluding carboxylic acids is 2. The van der Waals surface area contributed by atoms with Crippen molar-refractivity contribution in [1.29, 1.82) is 0 Å². The second kappa shape index (κ2) is 7.42. The smallest absolute Gasteiger partial charge is 0.323 e. The third-order valence-electron chi connectivity index (χ3n) is 3.27. The fourth-order valence-corrected chi connectivity index (χ4v) is 2.21. The van der Waals surface area contributed by atoms with Gasteiger partial charge in [-0.1, -0.05) is 0 Å². The average Bonchev–Trinajstić information content (AvgIpc) is 2.79. The van der Waals surface area contributed by atoms with E-state index in [1.807, 2.05) is 0 Å². The number of rotatable bonds is 6. The molecule has 0 radical (unpaired) electrons. The summed E-state index contributed by atoms with van der Waals surface area (Å²) in [4.78, 5) is 25.2. The molecule has 0 bridgehead atoms. The molecule has 1 heterocycles. The zero-order chi connectivity index (χ0) is 14.4. The van der Waals surface area contributed by atoms with Gasteiger partial charge in [-0.05, 0) is 6.92 Å². The Morgan fingerprint density at radius 3 is 2.74 bits per heavy atom. The Labute approximate surface area is 112 Å². The van der Waals surface area contributed by atoms with E-state index >= 15 is 0 Å². The van der Waals surface area contributed by atoms with E-state index in [2.05, 4.69) is 5.32 Å². The molecule has 110 valence electrons. The second-order valence-electron chi connectivity index (χ2n) is 4.59. The second-order valence-corrected chi connectivity index (χ2v) is 4.59. The quantitative estimate of drug-likeness (QED) is 0.464. The molecule has 1 aliphatic heterocycles. The van der Waals surface area contributed by atoms with Crippen LogP contribution in [0.4, 0.5) is 0 Å². The minimum atomic E-state index is -0.613. The number of amides is 1. The summed E-state index contributed by atoms with van der Waals surface area (Å²) in [5.74, 6) is -0.617. The topological polar surface area (TPSA) is 88.1 Å². The molecule has 1 aliphatic rings. The van der Waals surface area contributed by atoms with Crippen LogP contribution >= 0.6 is 0 Å². The van der Waals surface area contributed by atoms with E-state index in [0.717, 1.165) is 0 Å². The van der Waals surface area contributed by atoms with Gasteiger partial charge in [-0.15, -0.1) is 0 Å². The number of aliphatic hydroxyl groups is 1. The van der Waals surface area contributed by atoms with Gasteiger partial charge in [0.2, 0.25) is 5.91 Å². The molecule has 0 aromatic carbocycles. The minimum Gasteiger partial charge on any atom is -0.468 e. The van der Waals surface area contributed by atoms with Crippen molar-refractivity contribution in [1.82, 2.24) is 10.2 Å². The molecule has 3 atom stereocenters. The molecular weight excluding hydrogens is 252 g/mol. The highest BCUT2D eigenvalue weighted by molar-refractivity contribution is 5.83. The van der Waals surface area contributed by atoms with Crippen molar-refractivity contribution >= 4 is 11.9 Å². The number of β-amino-alcohol motifs (C(OH)–C–C–N with tert-alkyl or cyclic N) is 1. The van der Waals surface area contributed by atoms with E-state index in [0.29, 0.717) is 26.1 Å². The average molecular weight is 274 g/mol. The molecule has 0 saturated carbocycles. The number of aliphatic hydroxyl groups excluding tert-OH is 1. The third-order valence-corrected chi connectivity index (χ3v) is 3.27. The number of hydrogen-bond acceptors (Lipinski definition) is 6. The standard InChI is InChI=1S/C12H22N2O5/c1-8(11(16)13-4-5-18-2)14-7-9(15)6-10(14)12(17)19-3/h8-10,15H,4-7H2,1-3H3,(H,13,16). The first-order valence-electron chi connectivity index (χ1n) is 6.29. The highest BCUT2D eigenvalue weighted by Gasteiger charge is 2.41. The van der Waals surface area contributed by atoms with Gasteiger partial charge < -0.3 is 19.9 Å². The SMILES string of the molecule is COCCNC(=O)C(C)N1CC(O)CC1C(=O)OC. The van der Waals surface area contributed by atoms with Crippen LogP contribution in [0.1, 0.15) is 13.3 Å². The molecule has 1 rings (SSSR count). The van der Waals surface area contributed by atoms with Gasteiger partial charge in [0.25, 0.3) is 0 Å². The Kier molecular flexibility index (Phi) is 6.20. The van der Waals surface area contributed by atoms with Gasteiger partial charge in [-0.3, -0.25) is 14.5 Å². The zero-order valence-corrected chi connectivity index (χ0v) is 11.6. The minimum absolute atomic E-state index is 0.194. The number of esters is 1. The van der Waals surface area contributed by atoms with Crippen LogP contribution in [0.2, 0.25) is 0 Å². The van der Waals surface area contributed by atoms with Crippen LogP contribution in [0.15, 0.2) is 0 Å². The summed E-state index contributed by atoms with van der Waals surface area (Å²) in [7, 11) is 2.86. The van der Waals surface area contributed by atoms with Gasteiger partial charge in [-0.2, -0.15) is 0 Å². The van der Waals surface area contributed by atoms with Crippen molar-refractivity contribution in [2.45, 2.75) is 31.5 Å². The Bertz CT molecular complexity index is 323. The van der Waals surface area contributed by atoms with Gasteiger partial charge >= 0.3 is 5.97 Å². The number of hydrogen-bond donors (Lipinski definition) is 2. The largest absolute Gasteiger partial charge is 0.468 e. The predicted molar refractivity (Wildman–Crippen MR) is 67.5 cm³/mol. The lowest BCUT2D eigenvalue weighted by Gasteiger charge is -2.27. The highest BCUT2D eigenvalue weighted by atomic mass is 16.5. The molecule has 1 amide bonds. The lowest BCUT2D eigenvalue weighted by Crippen LogP contribution is -2.50. The number of nitrogens with one attached hydrogen (secondary N) is 1. The fraction of sp³-hybridized carbons (Fsp3) is 0.833. The van der Waals surface area contributed by atoms with Gasteiger partial charge in [0.05, 0.1) is 25.9 Å². The van der Waals surface area contributed by atoms with Crippen LogP contribution in [-0.4, -0.2) is 74.0 Å². The molecule has 7 heteroatoms. The normalized spacial score (nSPS) is 25.1. The summed E-state index contributed by atoms with van der Waals surface area (Å²) < 4.78 is 9.55. The van der Waals surface area contributed by atoms with E-state index in [9.17, 15) is 14.7 Å². The predicted octanol–water partition coefficient (Wildman–Crippen LogP) is -1.25. The van der Waals surface area contributed by atoms with E-state index in [1.54, 1.807) is 18.9 Å². The van der Waals surface area contributed by atoms with Gasteiger partial charge in [-0.25, -0.2) is 0 Å². The molecule has 0 aliphatic carbocycles. The number of likely N-dealkylation sites (tertiary alicyclic amines) is 1. The summed E-state index contributed by atoms with van der Waals surface area (Å²) in [6.45, 7) is 2.84. The number of carbonyl (C=O) groups is 2. The Hall–Kier alpha value is -1.18. The number of nitrogens with zero attached hydrogens (tertiary/aromatic N) is 1. The highest BCUT2D eigenvalue weighted by Crippen LogP contribution is 2.21. The summed E-state index contributed by atoms with van der Waals surface area (Å²) >= 11 is 0. The summed E-state index contributed by atoms with van der Waals surface area (Å²) in [5.41, 5.74) is 0. The molecular formula is C12H22N2O5. The van der Waals surface area contributed by atoms with Crippen molar-refractivity contribution in [2.24, 2.45) is 0 Å². The molecule has 2 N–H and O–H groups in total. The van der Waals surface area contributed by atoms with E-state index in [4.69, 9.17) is 9.47 Å². The Balaban J connectivity index is 2.60. The van der Waals surface area contributed by atoms with Gasteiger partial charge in [0.1, 0.15) is 6.04 Å². The van der Waals surface area contributed by atoms with Crippen LogP contribution in [0.5, 0.6) is 0 Å². The molecule has 7 nitrogen and oxygen atoms in total. The van der Waals surface area contributed by atoms with Gasteiger partial charge in [0.15, 0.2) is 0 Å². The van der Waals surface area contributed by atoms with Crippen LogP contribution in [0, 0.1) is 0 Å². The molecule has 0 spiro atoms. The van der Waals surface area contributed by atoms with Crippen molar-refractivity contribution in [3.63, 3.8) is 0 Å². The first-order valence-corrected chi connectivity index (χ1v) is 6.29. The first kappa shape index (κ1) is 15.9. The Morgan fingerprint density at radius 2 is 2.16 bits per heavy atom. The molecule has 1 saturated heterocycles. The van der Waals surface area contributed by atoms with Crippen LogP contribution in [0.25, 0.3) is 0 Å². The van der Waals surface area contributed by atoms with E-state index in [1.165, 1.54) is 7.11 Å². The zero-order valence-electron chi connectivity index (χ0n) is 11.6.